The molecule has 2 aromatic carbocycles. The second-order valence-electron chi connectivity index (χ2n) is 11.0. The van der Waals surface area contributed by atoms with Gasteiger partial charge in [-0.1, -0.05) is 38.7 Å². The van der Waals surface area contributed by atoms with Crippen molar-refractivity contribution in [2.24, 2.45) is 23.7 Å². The largest absolute Gasteiger partial charge is 0.436 e. The summed E-state index contributed by atoms with van der Waals surface area (Å²) < 4.78 is 55.7. The average molecular weight is 500 g/mol. The van der Waals surface area contributed by atoms with Gasteiger partial charge in [0.05, 0.1) is 5.92 Å². The molecule has 5 rings (SSSR count). The molecule has 36 heavy (non-hydrogen) atoms. The summed E-state index contributed by atoms with van der Waals surface area (Å²) in [6.07, 6.45) is 6.69. The quantitative estimate of drug-likeness (QED) is 0.325. The van der Waals surface area contributed by atoms with E-state index in [1.165, 1.54) is 50.7 Å². The van der Waals surface area contributed by atoms with Crippen molar-refractivity contribution in [1.29, 1.82) is 0 Å². The van der Waals surface area contributed by atoms with Gasteiger partial charge in [0.25, 0.3) is 0 Å². The Bertz CT molecular complexity index is 1170. The van der Waals surface area contributed by atoms with Crippen LogP contribution in [0.2, 0.25) is 0 Å². The highest BCUT2D eigenvalue weighted by molar-refractivity contribution is 5.77. The molecule has 1 aromatic heterocycles. The first-order chi connectivity index (χ1) is 17.3. The van der Waals surface area contributed by atoms with Crippen LogP contribution in [-0.2, 0) is 0 Å². The Morgan fingerprint density at radius 2 is 1.64 bits per heavy atom. The van der Waals surface area contributed by atoms with E-state index in [9.17, 15) is 4.39 Å². The van der Waals surface area contributed by atoms with Crippen LogP contribution in [0.4, 0.5) is 13.2 Å². The van der Waals surface area contributed by atoms with Gasteiger partial charge < -0.3 is 9.15 Å². The Balaban J connectivity index is 1.19. The van der Waals surface area contributed by atoms with Gasteiger partial charge in [0.2, 0.25) is 5.89 Å². The fourth-order valence-corrected chi connectivity index (χ4v) is 6.39. The van der Waals surface area contributed by atoms with Crippen molar-refractivity contribution in [3.63, 3.8) is 0 Å². The standard InChI is InChI=1S/C30H36F3NO2/c1-3-4-20-6-8-21(9-7-20)22-10-13-24(14-11-22)30(32,33)36-27-16-12-23(18-25(27)31)29-34-26-17-19(2)5-15-28(26)35-29/h5,12,15-18,20-22,24H,3-4,6-11,13-14H2,1-2H3. The molecule has 0 unspecified atom stereocenters. The van der Waals surface area contributed by atoms with Crippen molar-refractivity contribution >= 4 is 11.1 Å². The number of alkyl halides is 2. The molecular formula is C30H36F3NO2. The SMILES string of the molecule is CCCC1CCC(C2CCC(C(F)(F)Oc3ccc(-c4nc5cc(C)ccc5o4)cc3F)CC2)CC1. The predicted molar refractivity (Wildman–Crippen MR) is 136 cm³/mol. The summed E-state index contributed by atoms with van der Waals surface area (Å²) >= 11 is 0. The Hall–Kier alpha value is -2.50. The Morgan fingerprint density at radius 3 is 2.31 bits per heavy atom. The number of oxazole rings is 1. The van der Waals surface area contributed by atoms with E-state index in [4.69, 9.17) is 9.15 Å². The summed E-state index contributed by atoms with van der Waals surface area (Å²) in [5.74, 6) is 0.146. The van der Waals surface area contributed by atoms with Gasteiger partial charge in [-0.3, -0.25) is 0 Å². The van der Waals surface area contributed by atoms with Crippen molar-refractivity contribution in [3.8, 4) is 17.2 Å². The molecule has 0 spiro atoms. The Labute approximate surface area is 211 Å². The first kappa shape index (κ1) is 25.2. The number of halogens is 3. The van der Waals surface area contributed by atoms with Gasteiger partial charge in [-0.15, -0.1) is 0 Å². The molecule has 3 aromatic rings. The lowest BCUT2D eigenvalue weighted by atomic mass is 9.68. The van der Waals surface area contributed by atoms with Gasteiger partial charge in [0, 0.05) is 5.56 Å². The van der Waals surface area contributed by atoms with Crippen molar-refractivity contribution in [3.05, 3.63) is 47.8 Å². The minimum Gasteiger partial charge on any atom is -0.436 e. The highest BCUT2D eigenvalue weighted by Crippen LogP contribution is 2.46. The van der Waals surface area contributed by atoms with Crippen LogP contribution >= 0.6 is 0 Å². The molecule has 2 fully saturated rings. The highest BCUT2D eigenvalue weighted by atomic mass is 19.3. The lowest BCUT2D eigenvalue weighted by Crippen LogP contribution is -2.38. The van der Waals surface area contributed by atoms with E-state index >= 15 is 8.78 Å². The minimum atomic E-state index is -3.40. The second kappa shape index (κ2) is 10.5. The highest BCUT2D eigenvalue weighted by Gasteiger charge is 2.45. The van der Waals surface area contributed by atoms with Crippen molar-refractivity contribution in [2.45, 2.75) is 84.2 Å². The van der Waals surface area contributed by atoms with E-state index in [0.717, 1.165) is 30.4 Å². The van der Waals surface area contributed by atoms with Crippen LogP contribution in [0, 0.1) is 36.4 Å². The third kappa shape index (κ3) is 5.42. The van der Waals surface area contributed by atoms with E-state index in [1.54, 1.807) is 0 Å². The fraction of sp³-hybridized carbons (Fsp3) is 0.567. The molecule has 0 aliphatic heterocycles. The molecular weight excluding hydrogens is 463 g/mol. The van der Waals surface area contributed by atoms with Crippen LogP contribution < -0.4 is 4.74 Å². The van der Waals surface area contributed by atoms with Crippen LogP contribution in [-0.4, -0.2) is 11.1 Å². The zero-order chi connectivity index (χ0) is 25.3. The molecule has 0 saturated heterocycles. The predicted octanol–water partition coefficient (Wildman–Crippen LogP) is 9.33. The van der Waals surface area contributed by atoms with Crippen LogP contribution in [0.15, 0.2) is 40.8 Å². The second-order valence-corrected chi connectivity index (χ2v) is 11.0. The van der Waals surface area contributed by atoms with Crippen LogP contribution in [0.1, 0.15) is 76.7 Å². The smallest absolute Gasteiger partial charge is 0.400 e. The number of nitrogens with zero attached hydrogens (tertiary/aromatic N) is 1. The van der Waals surface area contributed by atoms with Gasteiger partial charge in [-0.2, -0.15) is 8.78 Å². The third-order valence-electron chi connectivity index (χ3n) is 8.47. The van der Waals surface area contributed by atoms with Gasteiger partial charge in [0.1, 0.15) is 5.52 Å². The summed E-state index contributed by atoms with van der Waals surface area (Å²) in [5, 5.41) is 0. The number of benzene rings is 2. The van der Waals surface area contributed by atoms with Crippen LogP contribution in [0.5, 0.6) is 5.75 Å². The van der Waals surface area contributed by atoms with Gasteiger partial charge in [0.15, 0.2) is 17.1 Å². The number of hydrogen-bond acceptors (Lipinski definition) is 3. The lowest BCUT2D eigenvalue weighted by Gasteiger charge is -2.39. The number of fused-ring (bicyclic) bond motifs is 1. The van der Waals surface area contributed by atoms with E-state index in [-0.39, 0.29) is 5.89 Å². The van der Waals surface area contributed by atoms with Crippen molar-refractivity contribution in [2.75, 3.05) is 0 Å². The Kier molecular flexibility index (Phi) is 7.32. The molecule has 0 radical (unpaired) electrons. The van der Waals surface area contributed by atoms with Gasteiger partial charge >= 0.3 is 6.11 Å². The van der Waals surface area contributed by atoms with Crippen molar-refractivity contribution in [1.82, 2.24) is 4.98 Å². The zero-order valence-corrected chi connectivity index (χ0v) is 21.2. The molecule has 194 valence electrons. The first-order valence-corrected chi connectivity index (χ1v) is 13.6. The number of rotatable bonds is 7. The van der Waals surface area contributed by atoms with Crippen LogP contribution in [0.25, 0.3) is 22.6 Å². The van der Waals surface area contributed by atoms with Gasteiger partial charge in [-0.05, 0) is 99.1 Å². The molecule has 2 aliphatic carbocycles. The molecule has 1 heterocycles. The third-order valence-corrected chi connectivity index (χ3v) is 8.47. The normalized spacial score (nSPS) is 25.2. The summed E-state index contributed by atoms with van der Waals surface area (Å²) in [6, 6.07) is 9.50. The first-order valence-electron chi connectivity index (χ1n) is 13.6. The molecule has 6 heteroatoms. The molecule has 2 aliphatic rings. The van der Waals surface area contributed by atoms with Gasteiger partial charge in [-0.25, -0.2) is 9.37 Å². The monoisotopic (exact) mass is 499 g/mol. The molecule has 0 bridgehead atoms. The summed E-state index contributed by atoms with van der Waals surface area (Å²) in [7, 11) is 0. The van der Waals surface area contributed by atoms with E-state index < -0.39 is 23.6 Å². The number of hydrogen-bond donors (Lipinski definition) is 0. The molecule has 3 nitrogen and oxygen atoms in total. The van der Waals surface area contributed by atoms with E-state index in [2.05, 4.69) is 11.9 Å². The fourth-order valence-electron chi connectivity index (χ4n) is 6.39. The number of ether oxygens (including phenoxy) is 1. The molecule has 0 amide bonds. The maximum absolute atomic E-state index is 15.1. The van der Waals surface area contributed by atoms with Crippen molar-refractivity contribution < 1.29 is 22.3 Å². The topological polar surface area (TPSA) is 35.3 Å². The molecule has 0 N–H and O–H groups in total. The molecule has 0 atom stereocenters. The zero-order valence-electron chi connectivity index (χ0n) is 21.2. The number of aryl methyl sites for hydroxylation is 1. The summed E-state index contributed by atoms with van der Waals surface area (Å²) in [4.78, 5) is 4.40. The van der Waals surface area contributed by atoms with Crippen LogP contribution in [0.3, 0.4) is 0 Å². The summed E-state index contributed by atoms with van der Waals surface area (Å²) in [5.41, 5.74) is 2.67. The molecule has 2 saturated carbocycles. The van der Waals surface area contributed by atoms with E-state index in [1.807, 2.05) is 25.1 Å². The number of aromatic nitrogens is 1. The Morgan fingerprint density at radius 1 is 0.944 bits per heavy atom. The van der Waals surface area contributed by atoms with E-state index in [0.29, 0.717) is 41.3 Å². The maximum Gasteiger partial charge on any atom is 0.400 e. The minimum absolute atomic E-state index is 0.245. The summed E-state index contributed by atoms with van der Waals surface area (Å²) in [6.45, 7) is 4.19. The maximum atomic E-state index is 15.1. The average Bonchev–Trinajstić information content (AvgIpc) is 3.29. The lowest BCUT2D eigenvalue weighted by molar-refractivity contribution is -0.225.